The third-order valence-electron chi connectivity index (χ3n) is 6.09. The molecule has 4 rings (SSSR count). The van der Waals surface area contributed by atoms with Crippen LogP contribution < -0.4 is 10.1 Å². The Labute approximate surface area is 208 Å². The molecule has 1 heterocycles. The third kappa shape index (κ3) is 6.86. The first-order chi connectivity index (χ1) is 17.1. The van der Waals surface area contributed by atoms with Crippen LogP contribution in [0.3, 0.4) is 0 Å². The topological polar surface area (TPSA) is 51.5 Å². The molecule has 1 N–H and O–H groups in total. The summed E-state index contributed by atoms with van der Waals surface area (Å²) in [6.07, 6.45) is 2.97. The number of hydrogen-bond acceptors (Lipinski definition) is 3. The zero-order chi connectivity index (χ0) is 24.5. The van der Waals surface area contributed by atoms with Gasteiger partial charge in [0.2, 0.25) is 5.91 Å². The highest BCUT2D eigenvalue weighted by Crippen LogP contribution is 2.30. The number of benzene rings is 3. The Hall–Kier alpha value is -3.79. The average Bonchev–Trinajstić information content (AvgIpc) is 3.41. The van der Waals surface area contributed by atoms with Crippen molar-refractivity contribution in [2.75, 3.05) is 6.54 Å². The first-order valence-electron chi connectivity index (χ1n) is 12.3. The second kappa shape index (κ2) is 12.1. The van der Waals surface area contributed by atoms with E-state index in [4.69, 9.17) is 9.15 Å². The Balaban J connectivity index is 1.42. The molecular weight excluding hydrogens is 434 g/mol. The zero-order valence-corrected chi connectivity index (χ0v) is 20.4. The van der Waals surface area contributed by atoms with E-state index in [9.17, 15) is 4.79 Å². The molecule has 0 aliphatic carbocycles. The molecule has 0 unspecified atom stereocenters. The lowest BCUT2D eigenvalue weighted by molar-refractivity contribution is -0.121. The van der Waals surface area contributed by atoms with Gasteiger partial charge in [0.1, 0.15) is 11.5 Å². The molecule has 0 bridgehead atoms. The van der Waals surface area contributed by atoms with Gasteiger partial charge in [-0.2, -0.15) is 0 Å². The minimum absolute atomic E-state index is 0.0284. The van der Waals surface area contributed by atoms with Crippen LogP contribution in [-0.4, -0.2) is 18.6 Å². The summed E-state index contributed by atoms with van der Waals surface area (Å²) in [4.78, 5) is 13.1. The molecule has 4 aromatic rings. The van der Waals surface area contributed by atoms with Gasteiger partial charge < -0.3 is 14.5 Å². The normalized spacial score (nSPS) is 12.8. The van der Waals surface area contributed by atoms with Crippen LogP contribution in [0.5, 0.6) is 5.75 Å². The Bertz CT molecular complexity index is 1150. The predicted molar refractivity (Wildman–Crippen MR) is 140 cm³/mol. The van der Waals surface area contributed by atoms with E-state index < -0.39 is 0 Å². The van der Waals surface area contributed by atoms with Crippen LogP contribution in [0.1, 0.15) is 61.0 Å². The fourth-order valence-electron chi connectivity index (χ4n) is 4.43. The first kappa shape index (κ1) is 24.3. The molecule has 0 saturated carbocycles. The lowest BCUT2D eigenvalue weighted by Gasteiger charge is -2.20. The summed E-state index contributed by atoms with van der Waals surface area (Å²) in [5.74, 6) is 1.86. The van der Waals surface area contributed by atoms with Gasteiger partial charge in [0.05, 0.1) is 12.4 Å². The lowest BCUT2D eigenvalue weighted by Crippen LogP contribution is -2.27. The summed E-state index contributed by atoms with van der Waals surface area (Å²) in [7, 11) is 0. The smallest absolute Gasteiger partial charge is 0.220 e. The maximum atomic E-state index is 13.1. The van der Waals surface area contributed by atoms with Crippen molar-refractivity contribution < 1.29 is 13.9 Å². The molecule has 0 radical (unpaired) electrons. The molecule has 4 heteroatoms. The molecule has 4 nitrogen and oxygen atoms in total. The van der Waals surface area contributed by atoms with Crippen molar-refractivity contribution in [2.45, 2.75) is 44.6 Å². The van der Waals surface area contributed by atoms with Gasteiger partial charge in [-0.25, -0.2) is 0 Å². The summed E-state index contributed by atoms with van der Waals surface area (Å²) >= 11 is 0. The van der Waals surface area contributed by atoms with Gasteiger partial charge in [0.25, 0.3) is 0 Å². The highest BCUT2D eigenvalue weighted by Gasteiger charge is 2.20. The van der Waals surface area contributed by atoms with E-state index in [1.54, 1.807) is 6.26 Å². The fourth-order valence-corrected chi connectivity index (χ4v) is 4.43. The summed E-state index contributed by atoms with van der Waals surface area (Å²) in [5.41, 5.74) is 3.40. The minimum atomic E-state index is -0.0284. The molecule has 0 aliphatic rings. The number of carbonyl (C=O) groups is 1. The zero-order valence-electron chi connectivity index (χ0n) is 20.4. The van der Waals surface area contributed by atoms with Crippen molar-refractivity contribution in [3.05, 3.63) is 126 Å². The standard InChI is InChI=1S/C31H33NO3/c1-23(2)35-27-17-15-26(16-18-27)29(25-12-7-4-8-13-25)22-31(33)32-20-19-28(30-14-9-21-34-30)24-10-5-3-6-11-24/h3-18,21,23,28-29H,19-20,22H2,1-2H3,(H,32,33)/t28-,29-/m0/s1. The van der Waals surface area contributed by atoms with E-state index in [2.05, 4.69) is 41.7 Å². The highest BCUT2D eigenvalue weighted by atomic mass is 16.5. The molecular formula is C31H33NO3. The Morgan fingerprint density at radius 3 is 1.94 bits per heavy atom. The molecule has 35 heavy (non-hydrogen) atoms. The van der Waals surface area contributed by atoms with E-state index in [0.29, 0.717) is 13.0 Å². The van der Waals surface area contributed by atoms with Crippen LogP contribution in [0, 0.1) is 0 Å². The van der Waals surface area contributed by atoms with Crippen molar-refractivity contribution in [2.24, 2.45) is 0 Å². The predicted octanol–water partition coefficient (Wildman–Crippen LogP) is 6.93. The fraction of sp³-hybridized carbons (Fsp3) is 0.258. The van der Waals surface area contributed by atoms with Gasteiger partial charge >= 0.3 is 0 Å². The van der Waals surface area contributed by atoms with Gasteiger partial charge in [-0.15, -0.1) is 0 Å². The van der Waals surface area contributed by atoms with Crippen LogP contribution >= 0.6 is 0 Å². The summed E-state index contributed by atoms with van der Waals surface area (Å²) in [6.45, 7) is 4.60. The maximum absolute atomic E-state index is 13.1. The van der Waals surface area contributed by atoms with Gasteiger partial charge in [-0.05, 0) is 61.2 Å². The van der Waals surface area contributed by atoms with Crippen LogP contribution in [0.15, 0.2) is 108 Å². The van der Waals surface area contributed by atoms with E-state index in [1.807, 2.05) is 74.5 Å². The van der Waals surface area contributed by atoms with Gasteiger partial charge in [-0.3, -0.25) is 4.79 Å². The molecule has 0 spiro atoms. The SMILES string of the molecule is CC(C)Oc1ccc([C@@H](CC(=O)NCC[C@@H](c2ccccc2)c2ccco2)c2ccccc2)cc1. The number of rotatable bonds is 11. The van der Waals surface area contributed by atoms with Gasteiger partial charge in [-0.1, -0.05) is 72.8 Å². The summed E-state index contributed by atoms with van der Waals surface area (Å²) in [6, 6.07) is 32.5. The molecule has 0 aliphatic heterocycles. The average molecular weight is 468 g/mol. The minimum Gasteiger partial charge on any atom is -0.491 e. The third-order valence-corrected chi connectivity index (χ3v) is 6.09. The first-order valence-corrected chi connectivity index (χ1v) is 12.3. The number of furan rings is 1. The number of hydrogen-bond donors (Lipinski definition) is 1. The van der Waals surface area contributed by atoms with Crippen LogP contribution in [0.4, 0.5) is 0 Å². The summed E-state index contributed by atoms with van der Waals surface area (Å²) in [5, 5.41) is 3.15. The van der Waals surface area contributed by atoms with Crippen LogP contribution in [-0.2, 0) is 4.79 Å². The molecule has 2 atom stereocenters. The van der Waals surface area contributed by atoms with Crippen molar-refractivity contribution in [3.8, 4) is 5.75 Å². The lowest BCUT2D eigenvalue weighted by atomic mass is 9.88. The second-order valence-electron chi connectivity index (χ2n) is 9.02. The van der Waals surface area contributed by atoms with Crippen molar-refractivity contribution in [1.82, 2.24) is 5.32 Å². The molecule has 1 aromatic heterocycles. The maximum Gasteiger partial charge on any atom is 0.220 e. The second-order valence-corrected chi connectivity index (χ2v) is 9.02. The number of ether oxygens (including phenoxy) is 1. The summed E-state index contributed by atoms with van der Waals surface area (Å²) < 4.78 is 11.5. The quantitative estimate of drug-likeness (QED) is 0.260. The molecule has 0 saturated heterocycles. The van der Waals surface area contributed by atoms with Crippen molar-refractivity contribution in [1.29, 1.82) is 0 Å². The van der Waals surface area contributed by atoms with Crippen molar-refractivity contribution >= 4 is 5.91 Å². The number of nitrogens with one attached hydrogen (secondary N) is 1. The Morgan fingerprint density at radius 2 is 1.37 bits per heavy atom. The van der Waals surface area contributed by atoms with E-state index in [1.165, 1.54) is 5.56 Å². The molecule has 1 amide bonds. The van der Waals surface area contributed by atoms with E-state index in [-0.39, 0.29) is 23.8 Å². The van der Waals surface area contributed by atoms with Crippen LogP contribution in [0.2, 0.25) is 0 Å². The number of amides is 1. The highest BCUT2D eigenvalue weighted by molar-refractivity contribution is 5.77. The van der Waals surface area contributed by atoms with Gasteiger partial charge in [0, 0.05) is 24.8 Å². The Morgan fingerprint density at radius 1 is 0.771 bits per heavy atom. The number of carbonyl (C=O) groups excluding carboxylic acids is 1. The van der Waals surface area contributed by atoms with E-state index >= 15 is 0 Å². The van der Waals surface area contributed by atoms with Gasteiger partial charge in [0.15, 0.2) is 0 Å². The molecule has 3 aromatic carbocycles. The monoisotopic (exact) mass is 467 g/mol. The van der Waals surface area contributed by atoms with Crippen molar-refractivity contribution in [3.63, 3.8) is 0 Å². The van der Waals surface area contributed by atoms with Crippen LogP contribution in [0.25, 0.3) is 0 Å². The van der Waals surface area contributed by atoms with E-state index in [0.717, 1.165) is 29.1 Å². The molecule has 180 valence electrons. The molecule has 0 fully saturated rings. The largest absolute Gasteiger partial charge is 0.491 e. The Kier molecular flexibility index (Phi) is 8.39.